The third-order valence-electron chi connectivity index (χ3n) is 6.36. The van der Waals surface area contributed by atoms with E-state index in [2.05, 4.69) is 29.6 Å². The highest BCUT2D eigenvalue weighted by Gasteiger charge is 2.54. The summed E-state index contributed by atoms with van der Waals surface area (Å²) >= 11 is 6.11. The molecule has 5 rings (SSSR count). The van der Waals surface area contributed by atoms with Crippen LogP contribution in [0, 0.1) is 5.92 Å². The average Bonchev–Trinajstić information content (AvgIpc) is 2.83. The SMILES string of the molecule is CC(c1cccc2ccccc12)N1C(=O)[C@H](C(=O)Nc2ccccc2)[C@H]1c1ccc(Cl)cc1. The molecule has 33 heavy (non-hydrogen) atoms. The summed E-state index contributed by atoms with van der Waals surface area (Å²) < 4.78 is 0. The number of halogens is 1. The second-order valence-electron chi connectivity index (χ2n) is 8.32. The molecular weight excluding hydrogens is 432 g/mol. The quantitative estimate of drug-likeness (QED) is 0.280. The minimum absolute atomic E-state index is 0.177. The number of hydrogen-bond acceptors (Lipinski definition) is 2. The summed E-state index contributed by atoms with van der Waals surface area (Å²) in [5.74, 6) is -1.28. The van der Waals surface area contributed by atoms with Crippen molar-refractivity contribution in [3.63, 3.8) is 0 Å². The van der Waals surface area contributed by atoms with Crippen LogP contribution in [-0.2, 0) is 9.59 Å². The van der Waals surface area contributed by atoms with Gasteiger partial charge in [-0.15, -0.1) is 0 Å². The molecule has 0 radical (unpaired) electrons. The number of likely N-dealkylation sites (tertiary alicyclic amines) is 1. The Morgan fingerprint density at radius 1 is 0.879 bits per heavy atom. The highest BCUT2D eigenvalue weighted by molar-refractivity contribution is 6.30. The molecule has 1 aliphatic heterocycles. The molecule has 0 saturated carbocycles. The number of carbonyl (C=O) groups is 2. The molecule has 0 spiro atoms. The van der Waals surface area contributed by atoms with Gasteiger partial charge in [-0.05, 0) is 53.1 Å². The van der Waals surface area contributed by atoms with Crippen LogP contribution in [0.2, 0.25) is 5.02 Å². The Balaban J connectivity index is 1.51. The fraction of sp³-hybridized carbons (Fsp3) is 0.143. The van der Waals surface area contributed by atoms with Crippen molar-refractivity contribution in [3.8, 4) is 0 Å². The fourth-order valence-electron chi connectivity index (χ4n) is 4.72. The number of benzene rings is 4. The average molecular weight is 455 g/mol. The van der Waals surface area contributed by atoms with Crippen molar-refractivity contribution in [1.82, 2.24) is 4.90 Å². The lowest BCUT2D eigenvalue weighted by molar-refractivity contribution is -0.165. The summed E-state index contributed by atoms with van der Waals surface area (Å²) in [7, 11) is 0. The molecule has 164 valence electrons. The summed E-state index contributed by atoms with van der Waals surface area (Å²) in [6.45, 7) is 2.02. The molecule has 1 aliphatic rings. The van der Waals surface area contributed by atoms with E-state index < -0.39 is 5.92 Å². The molecule has 1 unspecified atom stereocenters. The van der Waals surface area contributed by atoms with Crippen LogP contribution in [0.3, 0.4) is 0 Å². The monoisotopic (exact) mass is 454 g/mol. The highest BCUT2D eigenvalue weighted by atomic mass is 35.5. The first kappa shape index (κ1) is 21.2. The minimum atomic E-state index is -0.802. The van der Waals surface area contributed by atoms with Gasteiger partial charge < -0.3 is 10.2 Å². The Bertz CT molecular complexity index is 1320. The second-order valence-corrected chi connectivity index (χ2v) is 8.76. The van der Waals surface area contributed by atoms with Crippen LogP contribution in [0.15, 0.2) is 97.1 Å². The van der Waals surface area contributed by atoms with Crippen molar-refractivity contribution in [2.75, 3.05) is 5.32 Å². The van der Waals surface area contributed by atoms with Crippen molar-refractivity contribution in [3.05, 3.63) is 113 Å². The van der Waals surface area contributed by atoms with Crippen molar-refractivity contribution in [2.24, 2.45) is 5.92 Å². The predicted octanol–water partition coefficient (Wildman–Crippen LogP) is 6.39. The minimum Gasteiger partial charge on any atom is -0.327 e. The number of amides is 2. The normalized spacial score (nSPS) is 18.6. The summed E-state index contributed by atoms with van der Waals surface area (Å²) in [5, 5.41) is 5.74. The zero-order valence-electron chi connectivity index (χ0n) is 18.1. The van der Waals surface area contributed by atoms with Gasteiger partial charge in [-0.2, -0.15) is 0 Å². The lowest BCUT2D eigenvalue weighted by Crippen LogP contribution is -2.59. The lowest BCUT2D eigenvalue weighted by atomic mass is 9.79. The third kappa shape index (κ3) is 3.87. The van der Waals surface area contributed by atoms with Crippen LogP contribution in [0.25, 0.3) is 10.8 Å². The van der Waals surface area contributed by atoms with Gasteiger partial charge in [0.25, 0.3) is 0 Å². The van der Waals surface area contributed by atoms with Crippen molar-refractivity contribution in [1.29, 1.82) is 0 Å². The molecule has 0 aromatic heterocycles. The van der Waals surface area contributed by atoms with Crippen molar-refractivity contribution >= 4 is 39.9 Å². The third-order valence-corrected chi connectivity index (χ3v) is 6.61. The van der Waals surface area contributed by atoms with E-state index in [9.17, 15) is 9.59 Å². The number of nitrogens with zero attached hydrogens (tertiary/aromatic N) is 1. The first-order valence-corrected chi connectivity index (χ1v) is 11.3. The van der Waals surface area contributed by atoms with E-state index in [0.29, 0.717) is 10.7 Å². The molecule has 1 heterocycles. The maximum Gasteiger partial charge on any atom is 0.239 e. The Kier molecular flexibility index (Phi) is 5.61. The van der Waals surface area contributed by atoms with Crippen LogP contribution >= 0.6 is 11.6 Å². The molecule has 4 nitrogen and oxygen atoms in total. The van der Waals surface area contributed by atoms with Crippen LogP contribution in [-0.4, -0.2) is 16.7 Å². The maximum atomic E-state index is 13.4. The van der Waals surface area contributed by atoms with Gasteiger partial charge in [0.05, 0.1) is 12.1 Å². The molecule has 1 saturated heterocycles. The number of β-lactam (4-membered cyclic amide) rings is 1. The molecule has 2 amide bonds. The molecule has 4 aromatic carbocycles. The summed E-state index contributed by atoms with van der Waals surface area (Å²) in [6.07, 6.45) is 0. The van der Waals surface area contributed by atoms with Crippen LogP contribution in [0.1, 0.15) is 30.1 Å². The Hall–Kier alpha value is -3.63. The van der Waals surface area contributed by atoms with E-state index >= 15 is 0 Å². The summed E-state index contributed by atoms with van der Waals surface area (Å²) in [6, 6.07) is 30.3. The van der Waals surface area contributed by atoms with Gasteiger partial charge in [0.1, 0.15) is 5.92 Å². The van der Waals surface area contributed by atoms with Gasteiger partial charge in [-0.25, -0.2) is 0 Å². The van der Waals surface area contributed by atoms with E-state index in [1.54, 1.807) is 12.1 Å². The van der Waals surface area contributed by atoms with Gasteiger partial charge >= 0.3 is 0 Å². The first-order valence-electron chi connectivity index (χ1n) is 11.0. The van der Waals surface area contributed by atoms with Crippen LogP contribution in [0.4, 0.5) is 5.69 Å². The summed E-state index contributed by atoms with van der Waals surface area (Å²) in [5.41, 5.74) is 2.62. The Morgan fingerprint density at radius 2 is 1.55 bits per heavy atom. The smallest absolute Gasteiger partial charge is 0.239 e. The van der Waals surface area contributed by atoms with E-state index in [-0.39, 0.29) is 23.9 Å². The fourth-order valence-corrected chi connectivity index (χ4v) is 4.84. The largest absolute Gasteiger partial charge is 0.327 e. The number of nitrogens with one attached hydrogen (secondary N) is 1. The number of para-hydroxylation sites is 1. The molecule has 0 bridgehead atoms. The van der Waals surface area contributed by atoms with E-state index in [1.165, 1.54) is 0 Å². The van der Waals surface area contributed by atoms with Gasteiger partial charge in [-0.3, -0.25) is 9.59 Å². The highest BCUT2D eigenvalue weighted by Crippen LogP contribution is 2.47. The topological polar surface area (TPSA) is 49.4 Å². The van der Waals surface area contributed by atoms with Crippen molar-refractivity contribution < 1.29 is 9.59 Å². The lowest BCUT2D eigenvalue weighted by Gasteiger charge is -2.50. The van der Waals surface area contributed by atoms with Crippen molar-refractivity contribution in [2.45, 2.75) is 19.0 Å². The maximum absolute atomic E-state index is 13.4. The number of hydrogen-bond donors (Lipinski definition) is 1. The molecule has 4 aromatic rings. The van der Waals surface area contributed by atoms with E-state index in [0.717, 1.165) is 21.9 Å². The number of rotatable bonds is 5. The van der Waals surface area contributed by atoms with Gasteiger partial charge in [0.15, 0.2) is 0 Å². The molecule has 0 aliphatic carbocycles. The van der Waals surface area contributed by atoms with Gasteiger partial charge in [0, 0.05) is 10.7 Å². The van der Waals surface area contributed by atoms with Crippen LogP contribution < -0.4 is 5.32 Å². The first-order chi connectivity index (χ1) is 16.0. The second kappa shape index (κ2) is 8.72. The summed E-state index contributed by atoms with van der Waals surface area (Å²) in [4.78, 5) is 28.4. The van der Waals surface area contributed by atoms with E-state index in [4.69, 9.17) is 11.6 Å². The molecular formula is C28H23ClN2O2. The number of anilines is 1. The standard InChI is InChI=1S/C28H23ClN2O2/c1-18(23-13-7-9-19-8-5-6-12-24(19)23)31-26(20-14-16-21(29)17-15-20)25(28(31)33)27(32)30-22-10-3-2-4-11-22/h2-18,25-26H,1H3,(H,30,32)/t18?,25-,26+/m0/s1. The van der Waals surface area contributed by atoms with Gasteiger partial charge in [-0.1, -0.05) is 84.4 Å². The molecule has 5 heteroatoms. The van der Waals surface area contributed by atoms with E-state index in [1.807, 2.05) is 72.5 Å². The molecule has 1 fully saturated rings. The van der Waals surface area contributed by atoms with Crippen LogP contribution in [0.5, 0.6) is 0 Å². The van der Waals surface area contributed by atoms with Gasteiger partial charge in [0.2, 0.25) is 11.8 Å². The zero-order valence-corrected chi connectivity index (χ0v) is 18.9. The Morgan fingerprint density at radius 3 is 2.30 bits per heavy atom. The number of carbonyl (C=O) groups excluding carboxylic acids is 2. The molecule has 1 N–H and O–H groups in total. The zero-order chi connectivity index (χ0) is 22.9. The number of fused-ring (bicyclic) bond motifs is 1. The Labute approximate surface area is 197 Å². The predicted molar refractivity (Wildman–Crippen MR) is 132 cm³/mol. The molecule has 3 atom stereocenters.